The van der Waals surface area contributed by atoms with E-state index in [1.807, 2.05) is 0 Å². The van der Waals surface area contributed by atoms with Crippen molar-refractivity contribution in [1.29, 1.82) is 0 Å². The third-order valence-electron chi connectivity index (χ3n) is 0.152. The topological polar surface area (TPSA) is 0 Å². The summed E-state index contributed by atoms with van der Waals surface area (Å²) in [6, 6.07) is -2.23. The number of alkyl halides is 1. The molecule has 0 atom stereocenters. The predicted molar refractivity (Wildman–Crippen MR) is 42.2 cm³/mol. The van der Waals surface area contributed by atoms with Crippen molar-refractivity contribution in [2.45, 2.75) is 0 Å². The van der Waals surface area contributed by atoms with Crippen molar-refractivity contribution in [1.82, 2.24) is 0 Å². The van der Waals surface area contributed by atoms with E-state index in [1.165, 1.54) is 0 Å². The van der Waals surface area contributed by atoms with Crippen LogP contribution in [0.25, 0.3) is 0 Å². The van der Waals surface area contributed by atoms with Crippen LogP contribution in [0.4, 0.5) is 0 Å². The van der Waals surface area contributed by atoms with Crippen LogP contribution in [0, 0.1) is 0 Å². The van der Waals surface area contributed by atoms with Gasteiger partial charge in [-0.25, -0.2) is 0 Å². The zero-order chi connectivity index (χ0) is 5.21. The van der Waals surface area contributed by atoms with Crippen LogP contribution in [0.1, 0.15) is 0 Å². The summed E-state index contributed by atoms with van der Waals surface area (Å²) in [5.41, 5.74) is 0. The minimum Gasteiger partial charge on any atom is -0.125 e. The zero-order valence-electron chi connectivity index (χ0n) is 2.72. The van der Waals surface area contributed by atoms with Gasteiger partial charge in [-0.1, -0.05) is 22.6 Å². The van der Waals surface area contributed by atoms with Crippen LogP contribution in [0.5, 0.6) is 0 Å². The van der Waals surface area contributed by atoms with Gasteiger partial charge >= 0.3 is 6.00 Å². The summed E-state index contributed by atoms with van der Waals surface area (Å²) in [6.45, 7) is 0. The minimum atomic E-state index is -2.23. The van der Waals surface area contributed by atoms with Gasteiger partial charge in [-0.05, 0) is 0 Å². The molecule has 0 unspecified atom stereocenters. The summed E-state index contributed by atoms with van der Waals surface area (Å²) in [4.78, 5) is 0. The van der Waals surface area contributed by atoms with Crippen molar-refractivity contribution in [2.24, 2.45) is 0 Å². The Balaban J connectivity index is 3.17. The Bertz CT molecular complexity index is 40.5. The first-order chi connectivity index (χ1) is 2.56. The van der Waals surface area contributed by atoms with E-state index in [-0.39, 0.29) is 0 Å². The van der Waals surface area contributed by atoms with E-state index in [4.69, 9.17) is 33.2 Å². The number of hydrogen-bond donors (Lipinski definition) is 0. The SMILES string of the molecule is Cl[Si](Cl)(Cl)CI. The number of halogens is 4. The zero-order valence-corrected chi connectivity index (χ0v) is 8.14. The molecule has 0 radical (unpaired) electrons. The lowest BCUT2D eigenvalue weighted by molar-refractivity contribution is 2.29. The summed E-state index contributed by atoms with van der Waals surface area (Å²) in [7, 11) is 0. The standard InChI is InChI=1S/CH2Cl3ISi/c2-6(3,4)1-5/h1H2. The number of rotatable bonds is 1. The second-order valence-corrected chi connectivity index (χ2v) is 12.1. The molecule has 0 amide bonds. The van der Waals surface area contributed by atoms with Crippen LogP contribution in [0.2, 0.25) is 0 Å². The van der Waals surface area contributed by atoms with Crippen molar-refractivity contribution in [3.63, 3.8) is 0 Å². The summed E-state index contributed by atoms with van der Waals surface area (Å²) < 4.78 is 0.676. The average molecular weight is 275 g/mol. The lowest BCUT2D eigenvalue weighted by Crippen LogP contribution is -2.10. The van der Waals surface area contributed by atoms with Gasteiger partial charge in [0.25, 0.3) is 0 Å². The molecular formula is CH2Cl3ISi. The third-order valence-corrected chi connectivity index (χ3v) is 9.15. The second-order valence-electron chi connectivity index (χ2n) is 0.749. The summed E-state index contributed by atoms with van der Waals surface area (Å²) in [5.74, 6) is 0. The minimum absolute atomic E-state index is 0.676. The molecular weight excluding hydrogens is 273 g/mol. The molecule has 5 heteroatoms. The van der Waals surface area contributed by atoms with Crippen LogP contribution in [0.15, 0.2) is 0 Å². The molecule has 0 saturated carbocycles. The highest BCUT2D eigenvalue weighted by Crippen LogP contribution is 2.21. The second kappa shape index (κ2) is 2.97. The third kappa shape index (κ3) is 5.82. The first-order valence-electron chi connectivity index (χ1n) is 1.19. The maximum atomic E-state index is 5.38. The predicted octanol–water partition coefficient (Wildman–Crippen LogP) is 2.62. The Morgan fingerprint density at radius 2 is 1.50 bits per heavy atom. The molecule has 0 aromatic carbocycles. The van der Waals surface area contributed by atoms with Crippen LogP contribution >= 0.6 is 55.8 Å². The van der Waals surface area contributed by atoms with Gasteiger partial charge in [-0.15, -0.1) is 33.2 Å². The molecule has 0 saturated heterocycles. The maximum absolute atomic E-state index is 5.38. The molecule has 0 aromatic rings. The smallest absolute Gasteiger partial charge is 0.125 e. The van der Waals surface area contributed by atoms with Gasteiger partial charge < -0.3 is 0 Å². The summed E-state index contributed by atoms with van der Waals surface area (Å²) in [5, 5.41) is 0. The van der Waals surface area contributed by atoms with Gasteiger partial charge in [-0.2, -0.15) is 0 Å². The lowest BCUT2D eigenvalue weighted by atomic mass is 11.9. The normalized spacial score (nSPS) is 12.0. The largest absolute Gasteiger partial charge is 0.350 e. The molecule has 6 heavy (non-hydrogen) atoms. The van der Waals surface area contributed by atoms with E-state index in [1.54, 1.807) is 0 Å². The first-order valence-corrected chi connectivity index (χ1v) is 7.96. The Labute approximate surface area is 65.4 Å². The van der Waals surface area contributed by atoms with Crippen molar-refractivity contribution in [2.75, 3.05) is 4.05 Å². The average Bonchev–Trinajstić information content (AvgIpc) is 1.35. The Hall–Kier alpha value is 1.82. The van der Waals surface area contributed by atoms with Crippen molar-refractivity contribution in [3.05, 3.63) is 0 Å². The molecule has 0 N–H and O–H groups in total. The molecule has 0 heterocycles. The molecule has 0 nitrogen and oxygen atoms in total. The molecule has 0 aliphatic rings. The van der Waals surface area contributed by atoms with E-state index in [0.717, 1.165) is 0 Å². The Morgan fingerprint density at radius 1 is 1.33 bits per heavy atom. The fourth-order valence-corrected chi connectivity index (χ4v) is 0. The van der Waals surface area contributed by atoms with Crippen molar-refractivity contribution < 1.29 is 0 Å². The molecule has 0 aromatic heterocycles. The molecule has 0 spiro atoms. The van der Waals surface area contributed by atoms with Crippen LogP contribution in [0.3, 0.4) is 0 Å². The lowest BCUT2D eigenvalue weighted by Gasteiger charge is -1.96. The van der Waals surface area contributed by atoms with Crippen molar-refractivity contribution in [3.8, 4) is 0 Å². The number of hydrogen-bond acceptors (Lipinski definition) is 0. The highest BCUT2D eigenvalue weighted by atomic mass is 127. The van der Waals surface area contributed by atoms with Crippen LogP contribution < -0.4 is 0 Å². The summed E-state index contributed by atoms with van der Waals surface area (Å²) >= 11 is 18.2. The van der Waals surface area contributed by atoms with E-state index in [2.05, 4.69) is 22.6 Å². The molecule has 38 valence electrons. The Kier molecular flexibility index (Phi) is 3.87. The molecule has 0 rings (SSSR count). The highest BCUT2D eigenvalue weighted by molar-refractivity contribution is 14.1. The fourth-order valence-electron chi connectivity index (χ4n) is 0. The van der Waals surface area contributed by atoms with Gasteiger partial charge in [0.1, 0.15) is 0 Å². The van der Waals surface area contributed by atoms with Gasteiger partial charge in [0, 0.05) is 4.05 Å². The van der Waals surface area contributed by atoms with E-state index < -0.39 is 6.00 Å². The molecule has 0 aliphatic heterocycles. The van der Waals surface area contributed by atoms with Crippen molar-refractivity contribution >= 4 is 61.8 Å². The fraction of sp³-hybridized carbons (Fsp3) is 1.00. The van der Waals surface area contributed by atoms with E-state index in [9.17, 15) is 0 Å². The van der Waals surface area contributed by atoms with E-state index in [0.29, 0.717) is 4.05 Å². The quantitative estimate of drug-likeness (QED) is 0.299. The van der Waals surface area contributed by atoms with E-state index >= 15 is 0 Å². The van der Waals surface area contributed by atoms with Gasteiger partial charge in [0.2, 0.25) is 0 Å². The Morgan fingerprint density at radius 3 is 1.50 bits per heavy atom. The molecule has 0 fully saturated rings. The van der Waals surface area contributed by atoms with Gasteiger partial charge in [-0.3, -0.25) is 0 Å². The molecule has 0 bridgehead atoms. The van der Waals surface area contributed by atoms with Crippen LogP contribution in [-0.4, -0.2) is 10.1 Å². The summed E-state index contributed by atoms with van der Waals surface area (Å²) in [6.07, 6.45) is 0. The van der Waals surface area contributed by atoms with Crippen LogP contribution in [-0.2, 0) is 0 Å². The monoisotopic (exact) mass is 274 g/mol. The maximum Gasteiger partial charge on any atom is 0.350 e. The molecule has 0 aliphatic carbocycles. The first kappa shape index (κ1) is 7.82. The highest BCUT2D eigenvalue weighted by Gasteiger charge is 2.21. The van der Waals surface area contributed by atoms with Gasteiger partial charge in [0.15, 0.2) is 0 Å². The van der Waals surface area contributed by atoms with Gasteiger partial charge in [0.05, 0.1) is 0 Å².